The summed E-state index contributed by atoms with van der Waals surface area (Å²) < 4.78 is 27.1. The van der Waals surface area contributed by atoms with Crippen LogP contribution in [0.5, 0.6) is 0 Å². The SMILES string of the molecule is CC(CCl)CNC(=O)c1c(F)cc(Br)cc1F. The zero-order valence-corrected chi connectivity index (χ0v) is 11.4. The molecule has 0 saturated heterocycles. The number of amides is 1. The molecule has 0 aliphatic carbocycles. The first-order valence-electron chi connectivity index (χ1n) is 4.94. The maximum Gasteiger partial charge on any atom is 0.257 e. The molecule has 1 amide bonds. The van der Waals surface area contributed by atoms with Gasteiger partial charge in [-0.3, -0.25) is 4.79 Å². The first kappa shape index (κ1) is 14.4. The quantitative estimate of drug-likeness (QED) is 0.845. The lowest BCUT2D eigenvalue weighted by Gasteiger charge is -2.10. The van der Waals surface area contributed by atoms with Crippen molar-refractivity contribution in [2.45, 2.75) is 6.92 Å². The minimum atomic E-state index is -0.895. The number of hydrogen-bond acceptors (Lipinski definition) is 1. The average molecular weight is 327 g/mol. The molecule has 1 atom stereocenters. The number of benzene rings is 1. The molecule has 1 aromatic carbocycles. The summed E-state index contributed by atoms with van der Waals surface area (Å²) in [6.45, 7) is 2.10. The van der Waals surface area contributed by atoms with Gasteiger partial charge in [-0.05, 0) is 18.1 Å². The average Bonchev–Trinajstić information content (AvgIpc) is 2.24. The van der Waals surface area contributed by atoms with Gasteiger partial charge in [-0.1, -0.05) is 22.9 Å². The maximum atomic E-state index is 13.4. The minimum Gasteiger partial charge on any atom is -0.352 e. The van der Waals surface area contributed by atoms with E-state index in [2.05, 4.69) is 21.2 Å². The zero-order chi connectivity index (χ0) is 13.0. The molecule has 6 heteroatoms. The lowest BCUT2D eigenvalue weighted by Crippen LogP contribution is -2.30. The van der Waals surface area contributed by atoms with Crippen LogP contribution in [0.1, 0.15) is 17.3 Å². The molecular formula is C11H11BrClF2NO. The van der Waals surface area contributed by atoms with E-state index in [9.17, 15) is 13.6 Å². The van der Waals surface area contributed by atoms with Crippen molar-refractivity contribution < 1.29 is 13.6 Å². The van der Waals surface area contributed by atoms with E-state index >= 15 is 0 Å². The molecule has 0 heterocycles. The molecule has 0 saturated carbocycles. The fourth-order valence-corrected chi connectivity index (χ4v) is 1.68. The van der Waals surface area contributed by atoms with Crippen LogP contribution in [0.3, 0.4) is 0 Å². The molecule has 0 aliphatic heterocycles. The van der Waals surface area contributed by atoms with Crippen LogP contribution in [0, 0.1) is 17.6 Å². The predicted octanol–water partition coefficient (Wildman–Crippen LogP) is 3.33. The Morgan fingerprint density at radius 2 is 2.00 bits per heavy atom. The van der Waals surface area contributed by atoms with Gasteiger partial charge in [0.2, 0.25) is 0 Å². The van der Waals surface area contributed by atoms with Crippen LogP contribution in [0.4, 0.5) is 8.78 Å². The number of nitrogens with one attached hydrogen (secondary N) is 1. The Bertz CT molecular complexity index is 405. The van der Waals surface area contributed by atoms with E-state index in [-0.39, 0.29) is 16.9 Å². The summed E-state index contributed by atoms with van der Waals surface area (Å²) in [5.41, 5.74) is -0.574. The summed E-state index contributed by atoms with van der Waals surface area (Å²) in [4.78, 5) is 11.6. The molecule has 2 nitrogen and oxygen atoms in total. The van der Waals surface area contributed by atoms with Crippen molar-refractivity contribution in [3.8, 4) is 0 Å². The third-order valence-electron chi connectivity index (χ3n) is 2.11. The van der Waals surface area contributed by atoms with Crippen molar-refractivity contribution in [2.75, 3.05) is 12.4 Å². The molecule has 0 spiro atoms. The summed E-state index contributed by atoms with van der Waals surface area (Å²) >= 11 is 8.50. The number of carbonyl (C=O) groups excluding carboxylic acids is 1. The van der Waals surface area contributed by atoms with Gasteiger partial charge in [0.25, 0.3) is 5.91 Å². The van der Waals surface area contributed by atoms with Gasteiger partial charge in [-0.25, -0.2) is 8.78 Å². The van der Waals surface area contributed by atoms with Crippen molar-refractivity contribution in [2.24, 2.45) is 5.92 Å². The van der Waals surface area contributed by atoms with Crippen LogP contribution in [0.2, 0.25) is 0 Å². The molecular weight excluding hydrogens is 315 g/mol. The molecule has 0 fully saturated rings. The molecule has 0 aliphatic rings. The molecule has 0 radical (unpaired) electrons. The van der Waals surface area contributed by atoms with E-state index in [0.717, 1.165) is 12.1 Å². The second kappa shape index (κ2) is 6.31. The summed E-state index contributed by atoms with van der Waals surface area (Å²) in [5, 5.41) is 2.43. The van der Waals surface area contributed by atoms with Gasteiger partial charge in [-0.2, -0.15) is 0 Å². The Morgan fingerprint density at radius 1 is 1.47 bits per heavy atom. The smallest absolute Gasteiger partial charge is 0.257 e. The van der Waals surface area contributed by atoms with Crippen molar-refractivity contribution in [3.05, 3.63) is 33.8 Å². The van der Waals surface area contributed by atoms with Crippen LogP contribution in [0.15, 0.2) is 16.6 Å². The first-order valence-corrected chi connectivity index (χ1v) is 6.27. The molecule has 1 unspecified atom stereocenters. The van der Waals surface area contributed by atoms with E-state index in [0.29, 0.717) is 5.88 Å². The Labute approximate surface area is 111 Å². The van der Waals surface area contributed by atoms with Gasteiger partial charge in [-0.15, -0.1) is 11.6 Å². The molecule has 1 aromatic rings. The summed E-state index contributed by atoms with van der Waals surface area (Å²) in [6.07, 6.45) is 0. The standard InChI is InChI=1S/C11H11BrClF2NO/c1-6(4-13)5-16-11(17)10-8(14)2-7(12)3-9(10)15/h2-3,6H,4-5H2,1H3,(H,16,17). The minimum absolute atomic E-state index is 0.0437. The van der Waals surface area contributed by atoms with Crippen molar-refractivity contribution in [3.63, 3.8) is 0 Å². The number of carbonyl (C=O) groups is 1. The van der Waals surface area contributed by atoms with Gasteiger partial charge in [0, 0.05) is 16.9 Å². The third kappa shape index (κ3) is 3.92. The predicted molar refractivity (Wildman–Crippen MR) is 66.3 cm³/mol. The molecule has 1 N–H and O–H groups in total. The highest BCUT2D eigenvalue weighted by atomic mass is 79.9. The fraction of sp³-hybridized carbons (Fsp3) is 0.364. The van der Waals surface area contributed by atoms with Gasteiger partial charge >= 0.3 is 0 Å². The van der Waals surface area contributed by atoms with Crippen molar-refractivity contribution in [1.82, 2.24) is 5.32 Å². The van der Waals surface area contributed by atoms with Gasteiger partial charge in [0.05, 0.1) is 0 Å². The summed E-state index contributed by atoms with van der Waals surface area (Å²) in [5.74, 6) is -2.15. The van der Waals surface area contributed by atoms with Gasteiger partial charge in [0.1, 0.15) is 17.2 Å². The zero-order valence-electron chi connectivity index (χ0n) is 9.07. The first-order chi connectivity index (χ1) is 7.95. The highest BCUT2D eigenvalue weighted by Gasteiger charge is 2.18. The molecule has 0 bridgehead atoms. The molecule has 0 aromatic heterocycles. The largest absolute Gasteiger partial charge is 0.352 e. The third-order valence-corrected chi connectivity index (χ3v) is 3.09. The van der Waals surface area contributed by atoms with E-state index in [1.54, 1.807) is 0 Å². The molecule has 1 rings (SSSR count). The number of rotatable bonds is 4. The topological polar surface area (TPSA) is 29.1 Å². The highest BCUT2D eigenvalue weighted by Crippen LogP contribution is 2.19. The van der Waals surface area contributed by atoms with E-state index in [1.807, 2.05) is 6.92 Å². The van der Waals surface area contributed by atoms with Crippen LogP contribution in [-0.4, -0.2) is 18.3 Å². The van der Waals surface area contributed by atoms with Gasteiger partial charge < -0.3 is 5.32 Å². The Hall–Kier alpha value is -0.680. The lowest BCUT2D eigenvalue weighted by molar-refractivity contribution is 0.0940. The Kier molecular flexibility index (Phi) is 5.33. The van der Waals surface area contributed by atoms with Crippen LogP contribution in [-0.2, 0) is 0 Å². The van der Waals surface area contributed by atoms with E-state index in [4.69, 9.17) is 11.6 Å². The van der Waals surface area contributed by atoms with Crippen LogP contribution >= 0.6 is 27.5 Å². The molecule has 17 heavy (non-hydrogen) atoms. The van der Waals surface area contributed by atoms with E-state index in [1.165, 1.54) is 0 Å². The Morgan fingerprint density at radius 3 is 2.47 bits per heavy atom. The van der Waals surface area contributed by atoms with Gasteiger partial charge in [0.15, 0.2) is 0 Å². The number of alkyl halides is 1. The maximum absolute atomic E-state index is 13.4. The van der Waals surface area contributed by atoms with E-state index < -0.39 is 23.1 Å². The van der Waals surface area contributed by atoms with Crippen LogP contribution < -0.4 is 5.32 Å². The lowest BCUT2D eigenvalue weighted by atomic mass is 10.1. The van der Waals surface area contributed by atoms with Crippen molar-refractivity contribution >= 4 is 33.4 Å². The fourth-order valence-electron chi connectivity index (χ4n) is 1.17. The van der Waals surface area contributed by atoms with Crippen LogP contribution in [0.25, 0.3) is 0 Å². The normalized spacial score (nSPS) is 12.3. The monoisotopic (exact) mass is 325 g/mol. The Balaban J connectivity index is 2.82. The second-order valence-electron chi connectivity index (χ2n) is 3.71. The highest BCUT2D eigenvalue weighted by molar-refractivity contribution is 9.10. The summed E-state index contributed by atoms with van der Waals surface area (Å²) in [7, 11) is 0. The summed E-state index contributed by atoms with van der Waals surface area (Å²) in [6, 6.07) is 2.09. The van der Waals surface area contributed by atoms with Crippen molar-refractivity contribution in [1.29, 1.82) is 0 Å². The number of hydrogen-bond donors (Lipinski definition) is 1. The number of halogens is 4. The molecule has 94 valence electrons. The second-order valence-corrected chi connectivity index (χ2v) is 4.94.